The van der Waals surface area contributed by atoms with E-state index in [1.54, 1.807) is 17.1 Å². The van der Waals surface area contributed by atoms with E-state index in [-0.39, 0.29) is 11.9 Å². The third-order valence-corrected chi connectivity index (χ3v) is 3.29. The molecule has 0 saturated carbocycles. The summed E-state index contributed by atoms with van der Waals surface area (Å²) in [5.74, 6) is 0.195. The van der Waals surface area contributed by atoms with Crippen molar-refractivity contribution in [2.75, 3.05) is 0 Å². The zero-order valence-electron chi connectivity index (χ0n) is 12.3. The lowest BCUT2D eigenvalue weighted by atomic mass is 10.1. The lowest BCUT2D eigenvalue weighted by molar-refractivity contribution is 0.0929. The third kappa shape index (κ3) is 2.89. The van der Waals surface area contributed by atoms with Gasteiger partial charge in [0.1, 0.15) is 5.69 Å². The molecule has 0 fully saturated rings. The third-order valence-electron chi connectivity index (χ3n) is 3.29. The van der Waals surface area contributed by atoms with Gasteiger partial charge in [0, 0.05) is 18.3 Å². The molecule has 1 atom stereocenters. The number of amides is 1. The molecule has 0 radical (unpaired) electrons. The topological polar surface area (TPSA) is 75.6 Å². The van der Waals surface area contributed by atoms with Gasteiger partial charge >= 0.3 is 0 Å². The van der Waals surface area contributed by atoms with Crippen molar-refractivity contribution in [1.29, 1.82) is 0 Å². The molecule has 1 amide bonds. The summed E-state index contributed by atoms with van der Waals surface area (Å²) in [4.78, 5) is 12.4. The van der Waals surface area contributed by atoms with Crippen molar-refractivity contribution in [3.8, 4) is 0 Å². The van der Waals surface area contributed by atoms with E-state index in [2.05, 4.69) is 34.5 Å². The molecule has 0 aliphatic rings. The van der Waals surface area contributed by atoms with Crippen LogP contribution in [0.1, 0.15) is 61.4 Å². The van der Waals surface area contributed by atoms with E-state index in [4.69, 9.17) is 0 Å². The Morgan fingerprint density at radius 1 is 1.45 bits per heavy atom. The molecule has 0 saturated heterocycles. The predicted octanol–water partition coefficient (Wildman–Crippen LogP) is 2.24. The van der Waals surface area contributed by atoms with E-state index in [0.29, 0.717) is 18.2 Å². The summed E-state index contributed by atoms with van der Waals surface area (Å²) in [5, 5.41) is 14.1. The van der Waals surface area contributed by atoms with Crippen LogP contribution in [-0.2, 0) is 6.54 Å². The summed E-state index contributed by atoms with van der Waals surface area (Å²) >= 11 is 0. The van der Waals surface area contributed by atoms with Crippen molar-refractivity contribution < 1.29 is 4.79 Å². The van der Waals surface area contributed by atoms with Gasteiger partial charge in [-0.1, -0.05) is 13.8 Å². The minimum absolute atomic E-state index is 0.0936. The molecule has 108 valence electrons. The first-order valence-corrected chi connectivity index (χ1v) is 6.90. The normalized spacial score (nSPS) is 12.7. The van der Waals surface area contributed by atoms with Gasteiger partial charge in [-0.15, -0.1) is 0 Å². The number of carbonyl (C=O) groups is 1. The number of aromatic amines is 1. The first kappa shape index (κ1) is 14.3. The Morgan fingerprint density at radius 3 is 2.75 bits per heavy atom. The van der Waals surface area contributed by atoms with Crippen LogP contribution in [0.3, 0.4) is 0 Å². The number of hydrogen-bond acceptors (Lipinski definition) is 3. The molecule has 2 aromatic rings. The van der Waals surface area contributed by atoms with Crippen molar-refractivity contribution in [2.24, 2.45) is 0 Å². The van der Waals surface area contributed by atoms with Crippen LogP contribution in [0.2, 0.25) is 0 Å². The fourth-order valence-corrected chi connectivity index (χ4v) is 1.99. The second-order valence-corrected chi connectivity index (χ2v) is 5.15. The minimum atomic E-state index is -0.111. The average molecular weight is 275 g/mol. The van der Waals surface area contributed by atoms with E-state index in [9.17, 15) is 4.79 Å². The quantitative estimate of drug-likeness (QED) is 0.878. The summed E-state index contributed by atoms with van der Waals surface area (Å²) in [6.45, 7) is 8.72. The number of nitrogens with zero attached hydrogens (tertiary/aromatic N) is 3. The van der Waals surface area contributed by atoms with Crippen LogP contribution in [0.5, 0.6) is 0 Å². The van der Waals surface area contributed by atoms with Gasteiger partial charge in [-0.25, -0.2) is 0 Å². The van der Waals surface area contributed by atoms with Crippen LogP contribution >= 0.6 is 0 Å². The molecule has 0 aliphatic carbocycles. The molecule has 6 heteroatoms. The summed E-state index contributed by atoms with van der Waals surface area (Å²) < 4.78 is 1.74. The second-order valence-electron chi connectivity index (χ2n) is 5.15. The number of rotatable bonds is 5. The number of aryl methyl sites for hydroxylation is 1. The van der Waals surface area contributed by atoms with Gasteiger partial charge in [-0.3, -0.25) is 14.6 Å². The van der Waals surface area contributed by atoms with Gasteiger partial charge in [0.15, 0.2) is 0 Å². The Balaban J connectivity index is 2.16. The molecule has 2 N–H and O–H groups in total. The highest BCUT2D eigenvalue weighted by molar-refractivity contribution is 5.93. The predicted molar refractivity (Wildman–Crippen MR) is 76.5 cm³/mol. The smallest absolute Gasteiger partial charge is 0.270 e. The molecular formula is C14H21N5O. The monoisotopic (exact) mass is 275 g/mol. The SMILES string of the molecule is CCn1nc(C(C)C)cc1C(=O)NC(C)c1cn[nH]c1. The highest BCUT2D eigenvalue weighted by Crippen LogP contribution is 2.16. The lowest BCUT2D eigenvalue weighted by Gasteiger charge is -2.12. The molecule has 6 nitrogen and oxygen atoms in total. The summed E-state index contributed by atoms with van der Waals surface area (Å²) in [6, 6.07) is 1.77. The van der Waals surface area contributed by atoms with Crippen molar-refractivity contribution in [3.63, 3.8) is 0 Å². The molecule has 0 spiro atoms. The van der Waals surface area contributed by atoms with Crippen LogP contribution in [0.25, 0.3) is 0 Å². The highest BCUT2D eigenvalue weighted by Gasteiger charge is 2.18. The van der Waals surface area contributed by atoms with Crippen LogP contribution < -0.4 is 5.32 Å². The maximum absolute atomic E-state index is 12.4. The number of hydrogen-bond donors (Lipinski definition) is 2. The van der Waals surface area contributed by atoms with Gasteiger partial charge < -0.3 is 5.32 Å². The number of H-pyrrole nitrogens is 1. The van der Waals surface area contributed by atoms with Gasteiger partial charge in [0.25, 0.3) is 5.91 Å². The number of carbonyl (C=O) groups excluding carboxylic acids is 1. The van der Waals surface area contributed by atoms with Crippen molar-refractivity contribution in [3.05, 3.63) is 35.4 Å². The Labute approximate surface area is 118 Å². The van der Waals surface area contributed by atoms with Gasteiger partial charge in [-0.2, -0.15) is 10.2 Å². The van der Waals surface area contributed by atoms with E-state index in [1.165, 1.54) is 0 Å². The van der Waals surface area contributed by atoms with Crippen LogP contribution in [0, 0.1) is 0 Å². The average Bonchev–Trinajstić information content (AvgIpc) is 3.07. The summed E-state index contributed by atoms with van der Waals surface area (Å²) in [6.07, 6.45) is 3.49. The molecule has 0 bridgehead atoms. The lowest BCUT2D eigenvalue weighted by Crippen LogP contribution is -2.28. The molecular weight excluding hydrogens is 254 g/mol. The van der Waals surface area contributed by atoms with E-state index in [0.717, 1.165) is 11.3 Å². The second kappa shape index (κ2) is 5.90. The molecule has 0 aromatic carbocycles. The minimum Gasteiger partial charge on any atom is -0.344 e. The van der Waals surface area contributed by atoms with Gasteiger partial charge in [0.05, 0.1) is 17.9 Å². The summed E-state index contributed by atoms with van der Waals surface area (Å²) in [5.41, 5.74) is 2.49. The number of nitrogens with one attached hydrogen (secondary N) is 2. The molecule has 1 unspecified atom stereocenters. The van der Waals surface area contributed by atoms with Crippen LogP contribution in [0.4, 0.5) is 0 Å². The van der Waals surface area contributed by atoms with Crippen molar-refractivity contribution in [1.82, 2.24) is 25.3 Å². The van der Waals surface area contributed by atoms with E-state index in [1.807, 2.05) is 19.9 Å². The van der Waals surface area contributed by atoms with Crippen molar-refractivity contribution in [2.45, 2.75) is 46.2 Å². The maximum atomic E-state index is 12.4. The summed E-state index contributed by atoms with van der Waals surface area (Å²) in [7, 11) is 0. The first-order chi connectivity index (χ1) is 9.52. The van der Waals surface area contributed by atoms with Gasteiger partial charge in [-0.05, 0) is 25.8 Å². The fraction of sp³-hybridized carbons (Fsp3) is 0.500. The molecule has 2 heterocycles. The maximum Gasteiger partial charge on any atom is 0.270 e. The number of aromatic nitrogens is 4. The van der Waals surface area contributed by atoms with Crippen molar-refractivity contribution >= 4 is 5.91 Å². The Bertz CT molecular complexity index is 570. The van der Waals surface area contributed by atoms with Crippen LogP contribution in [-0.4, -0.2) is 25.9 Å². The van der Waals surface area contributed by atoms with E-state index >= 15 is 0 Å². The standard InChI is InChI=1S/C14H21N5O/c1-5-19-13(6-12(18-19)9(2)3)14(20)17-10(4)11-7-15-16-8-11/h6-10H,5H2,1-4H3,(H,15,16)(H,17,20). The molecule has 0 aliphatic heterocycles. The Hall–Kier alpha value is -2.11. The molecule has 20 heavy (non-hydrogen) atoms. The first-order valence-electron chi connectivity index (χ1n) is 6.90. The molecule has 2 rings (SSSR count). The Morgan fingerprint density at radius 2 is 2.20 bits per heavy atom. The highest BCUT2D eigenvalue weighted by atomic mass is 16.2. The largest absolute Gasteiger partial charge is 0.344 e. The zero-order chi connectivity index (χ0) is 14.7. The van der Waals surface area contributed by atoms with E-state index < -0.39 is 0 Å². The fourth-order valence-electron chi connectivity index (χ4n) is 1.99. The Kier molecular flexibility index (Phi) is 4.22. The zero-order valence-corrected chi connectivity index (χ0v) is 12.3. The van der Waals surface area contributed by atoms with Crippen LogP contribution in [0.15, 0.2) is 18.5 Å². The van der Waals surface area contributed by atoms with Gasteiger partial charge in [0.2, 0.25) is 0 Å². The molecule has 2 aromatic heterocycles.